The highest BCUT2D eigenvalue weighted by molar-refractivity contribution is 6.42. The van der Waals surface area contributed by atoms with Crippen LogP contribution in [-0.2, 0) is 5.41 Å². The predicted octanol–water partition coefficient (Wildman–Crippen LogP) is 4.58. The van der Waals surface area contributed by atoms with E-state index in [1.54, 1.807) is 18.3 Å². The predicted molar refractivity (Wildman–Crippen MR) is 97.9 cm³/mol. The average molecular weight is 362 g/mol. The molecular formula is C18H17Cl2N3O. The normalized spacial score (nSPS) is 11.7. The molecule has 2 N–H and O–H groups in total. The SMILES string of the molecule is CC(C)(CNC(=O)c1ccc2[nH]ncc2c1)c1ccc(Cl)c(Cl)c1. The van der Waals surface area contributed by atoms with E-state index in [1.165, 1.54) is 0 Å². The number of benzene rings is 2. The molecule has 2 aromatic carbocycles. The van der Waals surface area contributed by atoms with Gasteiger partial charge in [0.05, 0.1) is 21.8 Å². The van der Waals surface area contributed by atoms with Crippen LogP contribution in [0.15, 0.2) is 42.6 Å². The monoisotopic (exact) mass is 361 g/mol. The second kappa shape index (κ2) is 6.46. The van der Waals surface area contributed by atoms with E-state index in [0.29, 0.717) is 22.2 Å². The van der Waals surface area contributed by atoms with Crippen molar-refractivity contribution in [3.8, 4) is 0 Å². The Kier molecular flexibility index (Phi) is 4.52. The molecule has 3 rings (SSSR count). The highest BCUT2D eigenvalue weighted by Crippen LogP contribution is 2.29. The highest BCUT2D eigenvalue weighted by Gasteiger charge is 2.22. The van der Waals surface area contributed by atoms with E-state index in [2.05, 4.69) is 15.5 Å². The van der Waals surface area contributed by atoms with Gasteiger partial charge in [-0.3, -0.25) is 9.89 Å². The molecule has 6 heteroatoms. The summed E-state index contributed by atoms with van der Waals surface area (Å²) >= 11 is 12.1. The first-order chi connectivity index (χ1) is 11.4. The first-order valence-electron chi connectivity index (χ1n) is 7.54. The number of fused-ring (bicyclic) bond motifs is 1. The molecule has 0 unspecified atom stereocenters. The smallest absolute Gasteiger partial charge is 0.251 e. The van der Waals surface area contributed by atoms with Crippen LogP contribution in [0, 0.1) is 0 Å². The maximum atomic E-state index is 12.4. The Morgan fingerprint density at radius 1 is 1.17 bits per heavy atom. The number of H-pyrrole nitrogens is 1. The number of nitrogens with zero attached hydrogens (tertiary/aromatic N) is 1. The van der Waals surface area contributed by atoms with Crippen molar-refractivity contribution in [1.82, 2.24) is 15.5 Å². The van der Waals surface area contributed by atoms with E-state index in [0.717, 1.165) is 16.5 Å². The van der Waals surface area contributed by atoms with Crippen LogP contribution in [0.2, 0.25) is 10.0 Å². The van der Waals surface area contributed by atoms with Gasteiger partial charge in [-0.05, 0) is 35.9 Å². The molecule has 0 spiro atoms. The van der Waals surface area contributed by atoms with Crippen molar-refractivity contribution < 1.29 is 4.79 Å². The summed E-state index contributed by atoms with van der Waals surface area (Å²) in [5.41, 5.74) is 2.25. The summed E-state index contributed by atoms with van der Waals surface area (Å²) in [6.07, 6.45) is 1.70. The molecule has 0 aliphatic carbocycles. The Morgan fingerprint density at radius 3 is 2.71 bits per heavy atom. The molecule has 0 aliphatic heterocycles. The van der Waals surface area contributed by atoms with E-state index in [1.807, 2.05) is 38.1 Å². The lowest BCUT2D eigenvalue weighted by Gasteiger charge is -2.26. The first-order valence-corrected chi connectivity index (χ1v) is 8.29. The Morgan fingerprint density at radius 2 is 1.96 bits per heavy atom. The molecule has 0 radical (unpaired) electrons. The second-order valence-electron chi connectivity index (χ2n) is 6.37. The van der Waals surface area contributed by atoms with E-state index in [-0.39, 0.29) is 11.3 Å². The summed E-state index contributed by atoms with van der Waals surface area (Å²) in [6.45, 7) is 4.57. The first kappa shape index (κ1) is 16.8. The van der Waals surface area contributed by atoms with E-state index in [4.69, 9.17) is 23.2 Å². The molecule has 124 valence electrons. The molecule has 0 atom stereocenters. The third-order valence-electron chi connectivity index (χ3n) is 4.09. The molecule has 1 amide bonds. The fourth-order valence-electron chi connectivity index (χ4n) is 2.51. The number of aromatic amines is 1. The average Bonchev–Trinajstić information content (AvgIpc) is 3.02. The zero-order valence-corrected chi connectivity index (χ0v) is 14.9. The maximum absolute atomic E-state index is 12.4. The summed E-state index contributed by atoms with van der Waals surface area (Å²) in [4.78, 5) is 12.4. The van der Waals surface area contributed by atoms with Gasteiger partial charge in [-0.25, -0.2) is 0 Å². The minimum absolute atomic E-state index is 0.119. The van der Waals surface area contributed by atoms with Gasteiger partial charge in [-0.1, -0.05) is 43.1 Å². The van der Waals surface area contributed by atoms with Crippen LogP contribution in [0.25, 0.3) is 10.9 Å². The van der Waals surface area contributed by atoms with Gasteiger partial charge in [0.2, 0.25) is 0 Å². The van der Waals surface area contributed by atoms with Gasteiger partial charge in [0, 0.05) is 22.9 Å². The van der Waals surface area contributed by atoms with Gasteiger partial charge < -0.3 is 5.32 Å². The molecule has 4 nitrogen and oxygen atoms in total. The van der Waals surface area contributed by atoms with E-state index in [9.17, 15) is 4.79 Å². The van der Waals surface area contributed by atoms with Crippen molar-refractivity contribution >= 4 is 40.0 Å². The maximum Gasteiger partial charge on any atom is 0.251 e. The number of amides is 1. The van der Waals surface area contributed by atoms with Crippen molar-refractivity contribution in [3.05, 3.63) is 63.8 Å². The molecule has 0 aliphatic rings. The summed E-state index contributed by atoms with van der Waals surface area (Å²) in [6, 6.07) is 11.0. The lowest BCUT2D eigenvalue weighted by molar-refractivity contribution is 0.0946. The van der Waals surface area contributed by atoms with Crippen LogP contribution in [0.1, 0.15) is 29.8 Å². The molecular weight excluding hydrogens is 345 g/mol. The zero-order chi connectivity index (χ0) is 17.3. The topological polar surface area (TPSA) is 57.8 Å². The second-order valence-corrected chi connectivity index (χ2v) is 7.18. The summed E-state index contributed by atoms with van der Waals surface area (Å²) in [7, 11) is 0. The lowest BCUT2D eigenvalue weighted by atomic mass is 9.84. The molecule has 0 bridgehead atoms. The standard InChI is InChI=1S/C18H17Cl2N3O/c1-18(2,13-4-5-14(19)15(20)8-13)10-21-17(24)11-3-6-16-12(7-11)9-22-23-16/h3-9H,10H2,1-2H3,(H,21,24)(H,22,23). The van der Waals surface area contributed by atoms with Crippen LogP contribution in [-0.4, -0.2) is 22.6 Å². The van der Waals surface area contributed by atoms with Gasteiger partial charge in [-0.2, -0.15) is 5.10 Å². The molecule has 0 saturated carbocycles. The minimum Gasteiger partial charge on any atom is -0.351 e. The number of hydrogen-bond donors (Lipinski definition) is 2. The largest absolute Gasteiger partial charge is 0.351 e. The molecule has 3 aromatic rings. The van der Waals surface area contributed by atoms with Gasteiger partial charge >= 0.3 is 0 Å². The lowest BCUT2D eigenvalue weighted by Crippen LogP contribution is -2.36. The molecule has 1 heterocycles. The molecule has 0 fully saturated rings. The van der Waals surface area contributed by atoms with Gasteiger partial charge in [0.15, 0.2) is 0 Å². The molecule has 24 heavy (non-hydrogen) atoms. The van der Waals surface area contributed by atoms with Crippen molar-refractivity contribution in [2.45, 2.75) is 19.3 Å². The summed E-state index contributed by atoms with van der Waals surface area (Å²) in [5.74, 6) is -0.119. The van der Waals surface area contributed by atoms with Crippen molar-refractivity contribution in [2.24, 2.45) is 0 Å². The van der Waals surface area contributed by atoms with Crippen molar-refractivity contribution in [2.75, 3.05) is 6.54 Å². The molecule has 1 aromatic heterocycles. The number of aromatic nitrogens is 2. The number of carbonyl (C=O) groups excluding carboxylic acids is 1. The quantitative estimate of drug-likeness (QED) is 0.714. The summed E-state index contributed by atoms with van der Waals surface area (Å²) < 4.78 is 0. The number of hydrogen-bond acceptors (Lipinski definition) is 2. The van der Waals surface area contributed by atoms with Crippen molar-refractivity contribution in [1.29, 1.82) is 0 Å². The number of halogens is 2. The van der Waals surface area contributed by atoms with Crippen LogP contribution < -0.4 is 5.32 Å². The number of carbonyl (C=O) groups is 1. The van der Waals surface area contributed by atoms with E-state index < -0.39 is 0 Å². The van der Waals surface area contributed by atoms with Crippen LogP contribution in [0.5, 0.6) is 0 Å². The Labute approximate surface area is 150 Å². The summed E-state index contributed by atoms with van der Waals surface area (Å²) in [5, 5.41) is 11.8. The van der Waals surface area contributed by atoms with E-state index >= 15 is 0 Å². The minimum atomic E-state index is -0.274. The van der Waals surface area contributed by atoms with Gasteiger partial charge in [0.1, 0.15) is 0 Å². The molecule has 0 saturated heterocycles. The third kappa shape index (κ3) is 3.40. The van der Waals surface area contributed by atoms with Crippen LogP contribution >= 0.6 is 23.2 Å². The number of rotatable bonds is 4. The fourth-order valence-corrected chi connectivity index (χ4v) is 2.80. The Bertz CT molecular complexity index is 902. The highest BCUT2D eigenvalue weighted by atomic mass is 35.5. The van der Waals surface area contributed by atoms with Crippen LogP contribution in [0.3, 0.4) is 0 Å². The van der Waals surface area contributed by atoms with Crippen molar-refractivity contribution in [3.63, 3.8) is 0 Å². The zero-order valence-electron chi connectivity index (χ0n) is 13.4. The number of nitrogens with one attached hydrogen (secondary N) is 2. The van der Waals surface area contributed by atoms with Crippen LogP contribution in [0.4, 0.5) is 0 Å². The Balaban J connectivity index is 1.73. The van der Waals surface area contributed by atoms with Gasteiger partial charge in [0.25, 0.3) is 5.91 Å². The Hall–Kier alpha value is -2.04. The fraction of sp³-hybridized carbons (Fsp3) is 0.222. The van der Waals surface area contributed by atoms with Gasteiger partial charge in [-0.15, -0.1) is 0 Å². The third-order valence-corrected chi connectivity index (χ3v) is 4.83.